The van der Waals surface area contributed by atoms with E-state index in [-0.39, 0.29) is 23.3 Å². The predicted molar refractivity (Wildman–Crippen MR) is 53.7 cm³/mol. The van der Waals surface area contributed by atoms with Crippen LogP contribution in [-0.4, -0.2) is 23.4 Å². The van der Waals surface area contributed by atoms with Crippen molar-refractivity contribution in [3.05, 3.63) is 17.7 Å². The van der Waals surface area contributed by atoms with Gasteiger partial charge in [-0.2, -0.15) is 0 Å². The molecule has 0 aromatic heterocycles. The predicted octanol–water partition coefficient (Wildman–Crippen LogP) is 0.996. The van der Waals surface area contributed by atoms with Gasteiger partial charge in [0.15, 0.2) is 11.5 Å². The highest BCUT2D eigenvalue weighted by Crippen LogP contribution is 2.36. The molecule has 0 aliphatic carbocycles. The van der Waals surface area contributed by atoms with Crippen LogP contribution in [-0.2, 0) is 6.42 Å². The second kappa shape index (κ2) is 4.19. The van der Waals surface area contributed by atoms with Gasteiger partial charge in [0, 0.05) is 6.04 Å². The normalized spacial score (nSPS) is 12.5. The van der Waals surface area contributed by atoms with Gasteiger partial charge in [0.25, 0.3) is 0 Å². The summed E-state index contributed by atoms with van der Waals surface area (Å²) >= 11 is 0. The van der Waals surface area contributed by atoms with Gasteiger partial charge in [0.2, 0.25) is 5.75 Å². The first-order chi connectivity index (χ1) is 6.54. The summed E-state index contributed by atoms with van der Waals surface area (Å²) in [7, 11) is 1.43. The maximum Gasteiger partial charge on any atom is 0.200 e. The second-order valence-electron chi connectivity index (χ2n) is 3.35. The first kappa shape index (κ1) is 10.7. The van der Waals surface area contributed by atoms with E-state index in [4.69, 9.17) is 10.5 Å². The molecule has 4 nitrogen and oxygen atoms in total. The van der Waals surface area contributed by atoms with Gasteiger partial charge in [-0.1, -0.05) is 0 Å². The Labute approximate surface area is 82.9 Å². The Morgan fingerprint density at radius 2 is 2.07 bits per heavy atom. The van der Waals surface area contributed by atoms with Gasteiger partial charge in [0.1, 0.15) is 0 Å². The van der Waals surface area contributed by atoms with Gasteiger partial charge < -0.3 is 20.7 Å². The Balaban J connectivity index is 3.03. The number of nitrogens with two attached hydrogens (primary N) is 1. The molecular formula is C10H15NO3. The summed E-state index contributed by atoms with van der Waals surface area (Å²) in [6.45, 7) is 1.87. The van der Waals surface area contributed by atoms with Crippen LogP contribution in [0.5, 0.6) is 17.2 Å². The number of methoxy groups -OCH3 is 1. The summed E-state index contributed by atoms with van der Waals surface area (Å²) in [6, 6.07) is 3.16. The average Bonchev–Trinajstić information content (AvgIpc) is 2.10. The Morgan fingerprint density at radius 3 is 2.57 bits per heavy atom. The molecule has 0 fully saturated rings. The van der Waals surface area contributed by atoms with Gasteiger partial charge >= 0.3 is 0 Å². The van der Waals surface area contributed by atoms with Crippen molar-refractivity contribution in [2.24, 2.45) is 5.73 Å². The van der Waals surface area contributed by atoms with E-state index >= 15 is 0 Å². The monoisotopic (exact) mass is 197 g/mol. The largest absolute Gasteiger partial charge is 0.504 e. The first-order valence-corrected chi connectivity index (χ1v) is 4.39. The molecule has 4 N–H and O–H groups in total. The topological polar surface area (TPSA) is 75.7 Å². The van der Waals surface area contributed by atoms with E-state index in [1.165, 1.54) is 13.2 Å². The number of phenolic OH excluding ortho intramolecular Hbond substituents is 2. The van der Waals surface area contributed by atoms with Crippen molar-refractivity contribution in [1.29, 1.82) is 0 Å². The van der Waals surface area contributed by atoms with Crippen LogP contribution in [0.3, 0.4) is 0 Å². The summed E-state index contributed by atoms with van der Waals surface area (Å²) in [4.78, 5) is 0. The molecule has 1 rings (SSSR count). The first-order valence-electron chi connectivity index (χ1n) is 4.39. The van der Waals surface area contributed by atoms with Gasteiger partial charge in [-0.3, -0.25) is 0 Å². The van der Waals surface area contributed by atoms with Gasteiger partial charge in [-0.15, -0.1) is 0 Å². The number of hydrogen-bond acceptors (Lipinski definition) is 4. The fourth-order valence-corrected chi connectivity index (χ4v) is 1.29. The number of aromatic hydroxyl groups is 2. The molecule has 1 atom stereocenters. The molecule has 0 saturated heterocycles. The second-order valence-corrected chi connectivity index (χ2v) is 3.35. The molecule has 4 heteroatoms. The van der Waals surface area contributed by atoms with E-state index in [0.717, 1.165) is 5.56 Å². The van der Waals surface area contributed by atoms with Crippen molar-refractivity contribution in [2.75, 3.05) is 7.11 Å². The number of hydrogen-bond donors (Lipinski definition) is 3. The molecule has 0 aliphatic rings. The molecule has 0 bridgehead atoms. The third-order valence-electron chi connectivity index (χ3n) is 1.89. The fourth-order valence-electron chi connectivity index (χ4n) is 1.29. The van der Waals surface area contributed by atoms with Crippen molar-refractivity contribution in [2.45, 2.75) is 19.4 Å². The molecule has 0 aliphatic heterocycles. The molecule has 1 unspecified atom stereocenters. The number of phenols is 2. The van der Waals surface area contributed by atoms with Crippen LogP contribution in [0.25, 0.3) is 0 Å². The lowest BCUT2D eigenvalue weighted by atomic mass is 10.1. The molecule has 1 aromatic rings. The van der Waals surface area contributed by atoms with Crippen LogP contribution in [0.2, 0.25) is 0 Å². The summed E-state index contributed by atoms with van der Waals surface area (Å²) < 4.78 is 4.90. The molecule has 0 spiro atoms. The van der Waals surface area contributed by atoms with Crippen molar-refractivity contribution < 1.29 is 14.9 Å². The molecule has 78 valence electrons. The summed E-state index contributed by atoms with van der Waals surface area (Å²) in [6.07, 6.45) is 0.629. The molecule has 0 radical (unpaired) electrons. The highest BCUT2D eigenvalue weighted by Gasteiger charge is 2.10. The minimum Gasteiger partial charge on any atom is -0.504 e. The van der Waals surface area contributed by atoms with Crippen molar-refractivity contribution >= 4 is 0 Å². The van der Waals surface area contributed by atoms with E-state index in [9.17, 15) is 10.2 Å². The van der Waals surface area contributed by atoms with Crippen molar-refractivity contribution in [3.8, 4) is 17.2 Å². The average molecular weight is 197 g/mol. The van der Waals surface area contributed by atoms with Gasteiger partial charge in [-0.25, -0.2) is 0 Å². The Morgan fingerprint density at radius 1 is 1.43 bits per heavy atom. The quantitative estimate of drug-likeness (QED) is 0.632. The SMILES string of the molecule is COc1cc(CC(C)N)cc(O)c1O. The van der Waals surface area contributed by atoms with Crippen LogP contribution in [0, 0.1) is 0 Å². The lowest BCUT2D eigenvalue weighted by molar-refractivity contribution is 0.350. The Kier molecular flexibility index (Phi) is 3.19. The maximum absolute atomic E-state index is 9.35. The zero-order valence-electron chi connectivity index (χ0n) is 8.32. The molecule has 0 saturated carbocycles. The zero-order chi connectivity index (χ0) is 10.7. The van der Waals surface area contributed by atoms with E-state index in [1.54, 1.807) is 6.07 Å². The molecule has 0 heterocycles. The van der Waals surface area contributed by atoms with E-state index in [0.29, 0.717) is 6.42 Å². The smallest absolute Gasteiger partial charge is 0.200 e. The maximum atomic E-state index is 9.35. The third-order valence-corrected chi connectivity index (χ3v) is 1.89. The number of benzene rings is 1. The molecule has 14 heavy (non-hydrogen) atoms. The van der Waals surface area contributed by atoms with Crippen molar-refractivity contribution in [3.63, 3.8) is 0 Å². The highest BCUT2D eigenvalue weighted by molar-refractivity contribution is 5.52. The van der Waals surface area contributed by atoms with Crippen LogP contribution < -0.4 is 10.5 Å². The standard InChI is InChI=1S/C10H15NO3/c1-6(11)3-7-4-8(12)10(13)9(5-7)14-2/h4-6,12-13H,3,11H2,1-2H3. The summed E-state index contributed by atoms with van der Waals surface area (Å²) in [5.41, 5.74) is 6.46. The zero-order valence-corrected chi connectivity index (χ0v) is 8.32. The van der Waals surface area contributed by atoms with Crippen molar-refractivity contribution in [1.82, 2.24) is 0 Å². The van der Waals surface area contributed by atoms with E-state index in [2.05, 4.69) is 0 Å². The lowest BCUT2D eigenvalue weighted by Crippen LogP contribution is -2.17. The Bertz CT molecular complexity index is 323. The number of rotatable bonds is 3. The molecular weight excluding hydrogens is 182 g/mol. The van der Waals surface area contributed by atoms with Crippen LogP contribution in [0.15, 0.2) is 12.1 Å². The minimum atomic E-state index is -0.235. The molecule has 0 amide bonds. The van der Waals surface area contributed by atoms with Gasteiger partial charge in [0.05, 0.1) is 7.11 Å². The lowest BCUT2D eigenvalue weighted by Gasteiger charge is -2.10. The van der Waals surface area contributed by atoms with E-state index < -0.39 is 0 Å². The minimum absolute atomic E-state index is 0.00338. The molecule has 1 aromatic carbocycles. The third kappa shape index (κ3) is 2.29. The van der Waals surface area contributed by atoms with Crippen LogP contribution in [0.4, 0.5) is 0 Å². The van der Waals surface area contributed by atoms with Crippen LogP contribution in [0.1, 0.15) is 12.5 Å². The van der Waals surface area contributed by atoms with Crippen LogP contribution >= 0.6 is 0 Å². The summed E-state index contributed by atoms with van der Waals surface area (Å²) in [5.74, 6) is -0.151. The highest BCUT2D eigenvalue weighted by atomic mass is 16.5. The Hall–Kier alpha value is -1.42. The van der Waals surface area contributed by atoms with Gasteiger partial charge in [-0.05, 0) is 31.0 Å². The summed E-state index contributed by atoms with van der Waals surface area (Å²) in [5, 5.41) is 18.7. The fraction of sp³-hybridized carbons (Fsp3) is 0.400. The van der Waals surface area contributed by atoms with E-state index in [1.807, 2.05) is 6.92 Å². The number of ether oxygens (including phenoxy) is 1.